The number of thioether (sulfide) groups is 1. The lowest BCUT2D eigenvalue weighted by molar-refractivity contribution is -0.119. The van der Waals surface area contributed by atoms with E-state index in [1.807, 2.05) is 24.3 Å². The van der Waals surface area contributed by atoms with Crippen LogP contribution in [-0.2, 0) is 11.2 Å². The number of aromatic nitrogens is 2. The van der Waals surface area contributed by atoms with Crippen LogP contribution in [-0.4, -0.2) is 35.5 Å². The summed E-state index contributed by atoms with van der Waals surface area (Å²) in [6, 6.07) is 12.2. The first-order valence-corrected chi connectivity index (χ1v) is 12.6. The van der Waals surface area contributed by atoms with Crippen LogP contribution in [0.5, 0.6) is 5.75 Å². The first-order valence-electron chi connectivity index (χ1n) is 9.87. The minimum Gasteiger partial charge on any atom is -0.497 e. The summed E-state index contributed by atoms with van der Waals surface area (Å²) in [4.78, 5) is 13.9. The molecule has 1 amide bonds. The molecule has 1 unspecified atom stereocenters. The standard InChI is InChI=1S/C21H24N4O2S3/c1-27-16-8-6-15(7-9-16)19(14-4-5-14)23-18(26)13-29-21-25-24-20(30-21)22-11-10-17-3-2-12-28-17/h2-3,6-9,12,14,19H,4-5,10-11,13H2,1H3,(H,22,24)(H,23,26). The highest BCUT2D eigenvalue weighted by Gasteiger charge is 2.33. The molecule has 1 saturated carbocycles. The summed E-state index contributed by atoms with van der Waals surface area (Å²) < 4.78 is 6.03. The monoisotopic (exact) mass is 460 g/mol. The second kappa shape index (κ2) is 10.3. The number of hydrogen-bond donors (Lipinski definition) is 2. The Labute approximate surface area is 188 Å². The van der Waals surface area contributed by atoms with Crippen molar-refractivity contribution >= 4 is 45.5 Å². The SMILES string of the molecule is COc1ccc(C(NC(=O)CSc2nnc(NCCc3cccs3)s2)C2CC2)cc1. The van der Waals surface area contributed by atoms with Crippen LogP contribution >= 0.6 is 34.4 Å². The van der Waals surface area contributed by atoms with Gasteiger partial charge in [0.2, 0.25) is 11.0 Å². The van der Waals surface area contributed by atoms with Crippen LogP contribution in [0.25, 0.3) is 0 Å². The predicted octanol–water partition coefficient (Wildman–Crippen LogP) is 4.62. The minimum absolute atomic E-state index is 0.0233. The summed E-state index contributed by atoms with van der Waals surface area (Å²) in [6.45, 7) is 0.825. The second-order valence-electron chi connectivity index (χ2n) is 7.07. The second-order valence-corrected chi connectivity index (χ2v) is 10.3. The molecule has 1 aliphatic carbocycles. The van der Waals surface area contributed by atoms with Crippen LogP contribution in [0.15, 0.2) is 46.1 Å². The normalized spacial score (nSPS) is 14.3. The molecule has 158 valence electrons. The average Bonchev–Trinajstić information content (AvgIpc) is 3.28. The molecule has 2 aromatic heterocycles. The number of thiophene rings is 1. The van der Waals surface area contributed by atoms with Crippen LogP contribution in [0.2, 0.25) is 0 Å². The molecule has 2 heterocycles. The minimum atomic E-state index is 0.0233. The van der Waals surface area contributed by atoms with Gasteiger partial charge >= 0.3 is 0 Å². The molecule has 0 radical (unpaired) electrons. The van der Waals surface area contributed by atoms with Gasteiger partial charge in [-0.05, 0) is 54.3 Å². The zero-order chi connectivity index (χ0) is 20.8. The van der Waals surface area contributed by atoms with Crippen LogP contribution in [0.4, 0.5) is 5.13 Å². The summed E-state index contributed by atoms with van der Waals surface area (Å²) in [6.07, 6.45) is 3.28. The maximum Gasteiger partial charge on any atom is 0.230 e. The van der Waals surface area contributed by atoms with Gasteiger partial charge in [-0.1, -0.05) is 41.3 Å². The lowest BCUT2D eigenvalue weighted by atomic mass is 10.0. The third-order valence-corrected chi connectivity index (χ3v) is 7.80. The number of nitrogens with one attached hydrogen (secondary N) is 2. The van der Waals surface area contributed by atoms with Gasteiger partial charge < -0.3 is 15.4 Å². The van der Waals surface area contributed by atoms with Crippen LogP contribution < -0.4 is 15.4 Å². The fourth-order valence-electron chi connectivity index (χ4n) is 3.14. The van der Waals surface area contributed by atoms with Gasteiger partial charge in [0, 0.05) is 11.4 Å². The first-order chi connectivity index (χ1) is 14.7. The van der Waals surface area contributed by atoms with Crippen molar-refractivity contribution in [3.8, 4) is 5.75 Å². The molecule has 0 saturated heterocycles. The molecule has 1 fully saturated rings. The molecule has 1 aliphatic rings. The number of ether oxygens (including phenoxy) is 1. The van der Waals surface area contributed by atoms with E-state index in [2.05, 4.69) is 38.3 Å². The molecule has 2 N–H and O–H groups in total. The van der Waals surface area contributed by atoms with Crippen LogP contribution in [0.1, 0.15) is 29.3 Å². The van der Waals surface area contributed by atoms with Gasteiger partial charge in [0.1, 0.15) is 5.75 Å². The number of hydrogen-bond acceptors (Lipinski definition) is 8. The van der Waals surface area contributed by atoms with E-state index in [4.69, 9.17) is 4.74 Å². The van der Waals surface area contributed by atoms with Gasteiger partial charge in [-0.3, -0.25) is 4.79 Å². The molecule has 0 bridgehead atoms. The van der Waals surface area contributed by atoms with E-state index in [-0.39, 0.29) is 11.9 Å². The zero-order valence-corrected chi connectivity index (χ0v) is 19.1. The Kier molecular flexibility index (Phi) is 7.24. The first kappa shape index (κ1) is 21.1. The number of methoxy groups -OCH3 is 1. The Hall–Kier alpha value is -2.10. The molecule has 9 heteroatoms. The van der Waals surface area contributed by atoms with E-state index in [0.717, 1.165) is 46.6 Å². The summed E-state index contributed by atoms with van der Waals surface area (Å²) in [7, 11) is 1.66. The maximum atomic E-state index is 12.6. The van der Waals surface area contributed by atoms with Crippen LogP contribution in [0.3, 0.4) is 0 Å². The van der Waals surface area contributed by atoms with E-state index in [0.29, 0.717) is 11.7 Å². The Balaban J connectivity index is 1.24. The summed E-state index contributed by atoms with van der Waals surface area (Å²) in [5, 5.41) is 17.7. The molecule has 30 heavy (non-hydrogen) atoms. The van der Waals surface area contributed by atoms with Crippen molar-refractivity contribution in [1.29, 1.82) is 0 Å². The summed E-state index contributed by atoms with van der Waals surface area (Å²) in [5.41, 5.74) is 1.13. The lowest BCUT2D eigenvalue weighted by Crippen LogP contribution is -2.31. The van der Waals surface area contributed by atoms with Gasteiger partial charge in [0.15, 0.2) is 4.34 Å². The topological polar surface area (TPSA) is 76.1 Å². The van der Waals surface area contributed by atoms with Crippen molar-refractivity contribution in [3.63, 3.8) is 0 Å². The van der Waals surface area contributed by atoms with E-state index in [1.54, 1.807) is 18.4 Å². The van der Waals surface area contributed by atoms with Gasteiger partial charge in [-0.15, -0.1) is 21.5 Å². The number of nitrogens with zero attached hydrogens (tertiary/aromatic N) is 2. The number of amides is 1. The van der Waals surface area contributed by atoms with E-state index < -0.39 is 0 Å². The predicted molar refractivity (Wildman–Crippen MR) is 124 cm³/mol. The van der Waals surface area contributed by atoms with Crippen molar-refractivity contribution in [1.82, 2.24) is 15.5 Å². The number of carbonyl (C=O) groups is 1. The largest absolute Gasteiger partial charge is 0.497 e. The van der Waals surface area contributed by atoms with Gasteiger partial charge in [-0.25, -0.2) is 0 Å². The highest BCUT2D eigenvalue weighted by atomic mass is 32.2. The maximum absolute atomic E-state index is 12.6. The molecule has 3 aromatic rings. The quantitative estimate of drug-likeness (QED) is 0.407. The highest BCUT2D eigenvalue weighted by Crippen LogP contribution is 2.41. The van der Waals surface area contributed by atoms with Crippen LogP contribution in [0, 0.1) is 5.92 Å². The summed E-state index contributed by atoms with van der Waals surface area (Å²) >= 11 is 4.68. The Bertz CT molecular complexity index is 940. The Morgan fingerprint density at radius 2 is 2.10 bits per heavy atom. The van der Waals surface area contributed by atoms with Crippen molar-refractivity contribution in [2.45, 2.75) is 29.6 Å². The molecule has 0 spiro atoms. The third kappa shape index (κ3) is 5.96. The third-order valence-electron chi connectivity index (χ3n) is 4.85. The van der Waals surface area contributed by atoms with Gasteiger partial charge in [0.05, 0.1) is 18.9 Å². The van der Waals surface area contributed by atoms with E-state index in [9.17, 15) is 4.79 Å². The molecule has 1 aromatic carbocycles. The average molecular weight is 461 g/mol. The lowest BCUT2D eigenvalue weighted by Gasteiger charge is -2.19. The Morgan fingerprint density at radius 1 is 1.27 bits per heavy atom. The number of carbonyl (C=O) groups excluding carboxylic acids is 1. The summed E-state index contributed by atoms with van der Waals surface area (Å²) in [5.74, 6) is 1.71. The smallest absolute Gasteiger partial charge is 0.230 e. The molecular weight excluding hydrogens is 436 g/mol. The zero-order valence-electron chi connectivity index (χ0n) is 16.7. The molecule has 1 atom stereocenters. The highest BCUT2D eigenvalue weighted by molar-refractivity contribution is 8.01. The van der Waals surface area contributed by atoms with E-state index >= 15 is 0 Å². The molecule has 4 rings (SSSR count). The van der Waals surface area contributed by atoms with E-state index in [1.165, 1.54) is 28.0 Å². The number of anilines is 1. The molecular formula is C21H24N4O2S3. The van der Waals surface area contributed by atoms with Crippen molar-refractivity contribution < 1.29 is 9.53 Å². The fraction of sp³-hybridized carbons (Fsp3) is 0.381. The van der Waals surface area contributed by atoms with Gasteiger partial charge in [0.25, 0.3) is 0 Å². The van der Waals surface area contributed by atoms with Crippen molar-refractivity contribution in [2.24, 2.45) is 5.92 Å². The number of rotatable bonds is 11. The van der Waals surface area contributed by atoms with Gasteiger partial charge in [-0.2, -0.15) is 0 Å². The Morgan fingerprint density at radius 3 is 2.80 bits per heavy atom. The van der Waals surface area contributed by atoms with Crippen molar-refractivity contribution in [2.75, 3.05) is 24.7 Å². The number of benzene rings is 1. The van der Waals surface area contributed by atoms with Crippen molar-refractivity contribution in [3.05, 3.63) is 52.2 Å². The molecule has 6 nitrogen and oxygen atoms in total. The molecule has 0 aliphatic heterocycles. The fourth-order valence-corrected chi connectivity index (χ4v) is 5.44.